The summed E-state index contributed by atoms with van der Waals surface area (Å²) in [4.78, 5) is 22.8. The molecular weight excluding hydrogens is 663 g/mol. The number of hydrogen-bond acceptors (Lipinski definition) is 10. The molecule has 11 nitrogen and oxygen atoms in total. The molecule has 51 heavy (non-hydrogen) atoms. The second kappa shape index (κ2) is 14.8. The van der Waals surface area contributed by atoms with Crippen molar-refractivity contribution in [1.29, 1.82) is 0 Å². The van der Waals surface area contributed by atoms with Crippen molar-refractivity contribution in [3.63, 3.8) is 0 Å². The van der Waals surface area contributed by atoms with Gasteiger partial charge in [-0.3, -0.25) is 4.79 Å². The highest BCUT2D eigenvalue weighted by Gasteiger charge is 2.46. The number of benzene rings is 2. The van der Waals surface area contributed by atoms with Gasteiger partial charge in [0, 0.05) is 37.5 Å². The molecule has 2 aromatic heterocycles. The summed E-state index contributed by atoms with van der Waals surface area (Å²) in [6, 6.07) is 14.9. The molecule has 3 N–H and O–H groups in total. The standard InChI is InChI=1S/C37H44F3N7O4/c1-5-18-49-34(48)29-21-36(22-42-29)13-16-46(17-14-36)31-20-32(44-35(41)43-31)51-33(37(38,39)40)28-11-8-26(19-30(28)47-15-12-24(4)45-47)25-6-9-27(10-7-25)50-23(2)3/h6-12,15,19-20,23,29,33,42H,5,13-14,16-18,21-22H2,1-4H3,(H2,41,43,44)/t29?,33-/m1/s1. The van der Waals surface area contributed by atoms with E-state index in [0.717, 1.165) is 24.8 Å². The van der Waals surface area contributed by atoms with Crippen molar-refractivity contribution in [2.45, 2.75) is 77.8 Å². The monoisotopic (exact) mass is 707 g/mol. The van der Waals surface area contributed by atoms with Gasteiger partial charge >= 0.3 is 12.1 Å². The van der Waals surface area contributed by atoms with Gasteiger partial charge in [-0.25, -0.2) is 4.68 Å². The summed E-state index contributed by atoms with van der Waals surface area (Å²) in [6.45, 7) is 9.82. The number of nitrogens with zero attached hydrogens (tertiary/aromatic N) is 5. The molecule has 2 aromatic carbocycles. The van der Waals surface area contributed by atoms with Crippen molar-refractivity contribution in [1.82, 2.24) is 25.1 Å². The molecule has 4 aromatic rings. The van der Waals surface area contributed by atoms with Crippen molar-refractivity contribution in [2.75, 3.05) is 36.9 Å². The molecule has 2 aliphatic rings. The van der Waals surface area contributed by atoms with E-state index in [4.69, 9.17) is 19.9 Å². The van der Waals surface area contributed by atoms with Crippen LogP contribution in [0.3, 0.4) is 0 Å². The smallest absolute Gasteiger partial charge is 0.429 e. The summed E-state index contributed by atoms with van der Waals surface area (Å²) in [5, 5.41) is 7.74. The lowest BCUT2D eigenvalue weighted by atomic mass is 9.76. The van der Waals surface area contributed by atoms with Gasteiger partial charge in [-0.2, -0.15) is 28.2 Å². The number of carbonyl (C=O) groups is 1. The number of aryl methyl sites for hydroxylation is 1. The Morgan fingerprint density at radius 2 is 1.76 bits per heavy atom. The van der Waals surface area contributed by atoms with E-state index in [1.807, 2.05) is 49.9 Å². The van der Waals surface area contributed by atoms with E-state index < -0.39 is 12.3 Å². The molecule has 2 fully saturated rings. The van der Waals surface area contributed by atoms with Gasteiger partial charge in [0.15, 0.2) is 0 Å². The number of ether oxygens (including phenoxy) is 3. The van der Waals surface area contributed by atoms with Crippen LogP contribution in [-0.2, 0) is 9.53 Å². The molecule has 1 spiro atoms. The van der Waals surface area contributed by atoms with Gasteiger partial charge in [-0.15, -0.1) is 0 Å². The topological polar surface area (TPSA) is 130 Å². The SMILES string of the molecule is CCCOC(=O)C1CC2(CCN(c3cc(O[C@H](c4ccc(-c5ccc(OC(C)C)cc5)cc4-n4ccc(C)n4)C(F)(F)F)nc(N)n3)CC2)CN1. The van der Waals surface area contributed by atoms with Crippen LogP contribution in [0.5, 0.6) is 11.6 Å². The molecule has 14 heteroatoms. The van der Waals surface area contributed by atoms with Crippen molar-refractivity contribution < 1.29 is 32.2 Å². The predicted molar refractivity (Wildman–Crippen MR) is 187 cm³/mol. The van der Waals surface area contributed by atoms with Gasteiger partial charge in [-0.1, -0.05) is 31.2 Å². The normalized spacial score (nSPS) is 17.9. The van der Waals surface area contributed by atoms with Crippen LogP contribution in [0.25, 0.3) is 16.8 Å². The average molecular weight is 708 g/mol. The molecule has 2 atom stereocenters. The summed E-state index contributed by atoms with van der Waals surface area (Å²) in [6.07, 6.45) is -2.65. The Kier molecular flexibility index (Phi) is 10.4. The molecule has 0 aliphatic carbocycles. The summed E-state index contributed by atoms with van der Waals surface area (Å²) >= 11 is 0. The second-order valence-electron chi connectivity index (χ2n) is 13.6. The number of anilines is 2. The van der Waals surface area contributed by atoms with E-state index in [2.05, 4.69) is 20.4 Å². The lowest BCUT2D eigenvalue weighted by Gasteiger charge is -2.39. The summed E-state index contributed by atoms with van der Waals surface area (Å²) in [5.74, 6) is 0.343. The van der Waals surface area contributed by atoms with Crippen molar-refractivity contribution in [2.24, 2.45) is 5.41 Å². The van der Waals surface area contributed by atoms with Gasteiger partial charge in [-0.05, 0) is 87.3 Å². The highest BCUT2D eigenvalue weighted by molar-refractivity contribution is 5.76. The number of hydrogen-bond donors (Lipinski definition) is 2. The van der Waals surface area contributed by atoms with E-state index in [1.165, 1.54) is 16.8 Å². The highest BCUT2D eigenvalue weighted by atomic mass is 19.4. The number of aromatic nitrogens is 4. The Balaban J connectivity index is 1.24. The van der Waals surface area contributed by atoms with Crippen LogP contribution in [-0.4, -0.2) is 70.3 Å². The number of carbonyl (C=O) groups excluding carboxylic acids is 1. The van der Waals surface area contributed by atoms with Gasteiger partial charge in [0.1, 0.15) is 17.6 Å². The fourth-order valence-electron chi connectivity index (χ4n) is 6.75. The maximum atomic E-state index is 15.0. The van der Waals surface area contributed by atoms with Crippen LogP contribution in [0.15, 0.2) is 60.8 Å². The Labute approximate surface area is 295 Å². The van der Waals surface area contributed by atoms with Crippen LogP contribution in [0.2, 0.25) is 0 Å². The number of halogens is 3. The van der Waals surface area contributed by atoms with Crippen LogP contribution in [0, 0.1) is 12.3 Å². The molecule has 272 valence electrons. The Hall–Kier alpha value is -4.85. The number of piperidine rings is 1. The third-order valence-corrected chi connectivity index (χ3v) is 9.33. The van der Waals surface area contributed by atoms with Gasteiger partial charge in [0.25, 0.3) is 0 Å². The highest BCUT2D eigenvalue weighted by Crippen LogP contribution is 2.43. The molecule has 2 saturated heterocycles. The molecule has 1 unspecified atom stereocenters. The maximum Gasteiger partial charge on any atom is 0.429 e. The van der Waals surface area contributed by atoms with Gasteiger partial charge < -0.3 is 30.2 Å². The fourth-order valence-corrected chi connectivity index (χ4v) is 6.75. The fraction of sp³-hybridized carbons (Fsp3) is 0.459. The van der Waals surface area contributed by atoms with Crippen molar-refractivity contribution in [3.8, 4) is 28.4 Å². The Morgan fingerprint density at radius 3 is 2.41 bits per heavy atom. The van der Waals surface area contributed by atoms with Crippen LogP contribution >= 0.6 is 0 Å². The number of nitrogens with two attached hydrogens (primary N) is 1. The molecule has 2 aliphatic heterocycles. The zero-order chi connectivity index (χ0) is 36.3. The molecule has 4 heterocycles. The number of rotatable bonds is 11. The lowest BCUT2D eigenvalue weighted by molar-refractivity contribution is -0.198. The zero-order valence-corrected chi connectivity index (χ0v) is 29.2. The Bertz CT molecular complexity index is 1820. The molecule has 0 saturated carbocycles. The molecule has 6 rings (SSSR count). The number of nitrogens with one attached hydrogen (secondary N) is 1. The second-order valence-corrected chi connectivity index (χ2v) is 13.6. The first-order valence-corrected chi connectivity index (χ1v) is 17.3. The summed E-state index contributed by atoms with van der Waals surface area (Å²) in [5.41, 5.74) is 8.16. The lowest BCUT2D eigenvalue weighted by Crippen LogP contribution is -2.41. The number of nitrogen functional groups attached to an aromatic ring is 1. The van der Waals surface area contributed by atoms with E-state index in [0.29, 0.717) is 55.5 Å². The summed E-state index contributed by atoms with van der Waals surface area (Å²) in [7, 11) is 0. The van der Waals surface area contributed by atoms with Crippen LogP contribution < -0.4 is 25.4 Å². The number of esters is 1. The molecule has 0 radical (unpaired) electrons. The van der Waals surface area contributed by atoms with Gasteiger partial charge in [0.2, 0.25) is 17.9 Å². The largest absolute Gasteiger partial charge is 0.491 e. The van der Waals surface area contributed by atoms with E-state index in [1.54, 1.807) is 31.3 Å². The van der Waals surface area contributed by atoms with Crippen LogP contribution in [0.4, 0.5) is 24.9 Å². The zero-order valence-electron chi connectivity index (χ0n) is 29.2. The average Bonchev–Trinajstić information content (AvgIpc) is 3.72. The quantitative estimate of drug-likeness (QED) is 0.165. The Morgan fingerprint density at radius 1 is 1.04 bits per heavy atom. The van der Waals surface area contributed by atoms with Crippen molar-refractivity contribution >= 4 is 17.7 Å². The van der Waals surface area contributed by atoms with Gasteiger partial charge in [0.05, 0.1) is 24.1 Å². The van der Waals surface area contributed by atoms with Crippen LogP contribution in [0.1, 0.15) is 63.8 Å². The van der Waals surface area contributed by atoms with E-state index in [9.17, 15) is 18.0 Å². The molecular formula is C37H44F3N7O4. The predicted octanol–water partition coefficient (Wildman–Crippen LogP) is 6.59. The minimum atomic E-state index is -4.82. The molecule has 0 bridgehead atoms. The third kappa shape index (κ3) is 8.38. The van der Waals surface area contributed by atoms with Crippen molar-refractivity contribution in [3.05, 3.63) is 72.1 Å². The maximum absolute atomic E-state index is 15.0. The van der Waals surface area contributed by atoms with E-state index >= 15 is 0 Å². The molecule has 0 amide bonds. The first kappa shape index (κ1) is 36.0. The first-order chi connectivity index (χ1) is 24.3. The first-order valence-electron chi connectivity index (χ1n) is 17.3. The minimum absolute atomic E-state index is 0.00356. The van der Waals surface area contributed by atoms with E-state index in [-0.39, 0.29) is 46.6 Å². The summed E-state index contributed by atoms with van der Waals surface area (Å²) < 4.78 is 63.1. The third-order valence-electron chi connectivity index (χ3n) is 9.33. The number of alkyl halides is 3. The minimum Gasteiger partial charge on any atom is -0.491 e.